The number of pyridine rings is 1. The number of methoxy groups -OCH3 is 1. The van der Waals surface area contributed by atoms with E-state index in [1.54, 1.807) is 11.0 Å². The lowest BCUT2D eigenvalue weighted by atomic mass is 10.1. The number of hydrogen-bond acceptors (Lipinski definition) is 5. The Balaban J connectivity index is 1.68. The second-order valence-electron chi connectivity index (χ2n) is 6.48. The zero-order valence-corrected chi connectivity index (χ0v) is 15.1. The van der Waals surface area contributed by atoms with E-state index >= 15 is 0 Å². The summed E-state index contributed by atoms with van der Waals surface area (Å²) in [5, 5.41) is 0. The van der Waals surface area contributed by atoms with Crippen molar-refractivity contribution in [3.8, 4) is 5.75 Å². The van der Waals surface area contributed by atoms with Crippen LogP contribution in [0.25, 0.3) is 5.65 Å². The zero-order valence-electron chi connectivity index (χ0n) is 15.1. The van der Waals surface area contributed by atoms with E-state index < -0.39 is 12.1 Å². The summed E-state index contributed by atoms with van der Waals surface area (Å²) in [5.74, 6) is -0.214. The highest BCUT2D eigenvalue weighted by Crippen LogP contribution is 2.35. The molecule has 7 nitrogen and oxygen atoms in total. The van der Waals surface area contributed by atoms with Gasteiger partial charge in [-0.2, -0.15) is 0 Å². The van der Waals surface area contributed by atoms with Crippen LogP contribution in [0.2, 0.25) is 0 Å². The minimum atomic E-state index is -0.911. The van der Waals surface area contributed by atoms with E-state index in [1.165, 1.54) is 7.11 Å². The number of rotatable bonds is 4. The molecule has 2 aromatic heterocycles. The molecule has 27 heavy (non-hydrogen) atoms. The highest BCUT2D eigenvalue weighted by atomic mass is 16.5. The summed E-state index contributed by atoms with van der Waals surface area (Å²) in [6.45, 7) is 2.30. The summed E-state index contributed by atoms with van der Waals surface area (Å²) >= 11 is 0. The van der Waals surface area contributed by atoms with Gasteiger partial charge in [-0.3, -0.25) is 14.5 Å². The molecule has 0 radical (unpaired) electrons. The maximum atomic E-state index is 13.0. The monoisotopic (exact) mass is 365 g/mol. The van der Waals surface area contributed by atoms with Crippen molar-refractivity contribution < 1.29 is 19.1 Å². The number of fused-ring (bicyclic) bond motifs is 2. The predicted molar refractivity (Wildman–Crippen MR) is 98.6 cm³/mol. The lowest BCUT2D eigenvalue weighted by molar-refractivity contribution is -0.145. The molecule has 1 aliphatic heterocycles. The van der Waals surface area contributed by atoms with Gasteiger partial charge in [0.1, 0.15) is 11.4 Å². The van der Waals surface area contributed by atoms with Gasteiger partial charge < -0.3 is 13.9 Å². The number of anilines is 1. The van der Waals surface area contributed by atoms with Crippen LogP contribution in [0.5, 0.6) is 5.75 Å². The summed E-state index contributed by atoms with van der Waals surface area (Å²) in [7, 11) is 1.29. The van der Waals surface area contributed by atoms with E-state index in [9.17, 15) is 9.59 Å². The normalized spacial score (nSPS) is 16.1. The SMILES string of the molecule is COC(=O)CC1Oc2ccccc2N(Cc2cn3ccc(C)cc3n2)C1=O. The van der Waals surface area contributed by atoms with Gasteiger partial charge >= 0.3 is 5.97 Å². The van der Waals surface area contributed by atoms with Gasteiger partial charge in [0.05, 0.1) is 31.5 Å². The molecule has 3 heterocycles. The third kappa shape index (κ3) is 3.23. The van der Waals surface area contributed by atoms with Crippen LogP contribution in [-0.2, 0) is 20.9 Å². The molecule has 0 spiro atoms. The third-order valence-electron chi connectivity index (χ3n) is 4.53. The molecule has 0 bridgehead atoms. The largest absolute Gasteiger partial charge is 0.478 e. The van der Waals surface area contributed by atoms with Crippen LogP contribution in [0, 0.1) is 6.92 Å². The second-order valence-corrected chi connectivity index (χ2v) is 6.48. The first kappa shape index (κ1) is 17.1. The first-order chi connectivity index (χ1) is 13.0. The van der Waals surface area contributed by atoms with Crippen molar-refractivity contribution >= 4 is 23.2 Å². The molecule has 0 fully saturated rings. The number of nitrogens with zero attached hydrogens (tertiary/aromatic N) is 3. The highest BCUT2D eigenvalue weighted by Gasteiger charge is 2.36. The van der Waals surface area contributed by atoms with Gasteiger partial charge in [-0.05, 0) is 36.8 Å². The summed E-state index contributed by atoms with van der Waals surface area (Å²) in [5.41, 5.74) is 3.36. The van der Waals surface area contributed by atoms with E-state index in [-0.39, 0.29) is 18.9 Å². The number of aromatic nitrogens is 2. The van der Waals surface area contributed by atoms with Crippen molar-refractivity contribution in [3.63, 3.8) is 0 Å². The summed E-state index contributed by atoms with van der Waals surface area (Å²) in [6.07, 6.45) is 2.79. The average molecular weight is 365 g/mol. The molecule has 138 valence electrons. The molecule has 0 aliphatic carbocycles. The molecule has 7 heteroatoms. The van der Waals surface area contributed by atoms with Crippen LogP contribution in [0.1, 0.15) is 17.7 Å². The van der Waals surface area contributed by atoms with Crippen molar-refractivity contribution in [2.24, 2.45) is 0 Å². The number of amides is 1. The number of ether oxygens (including phenoxy) is 2. The molecule has 1 aliphatic rings. The molecule has 3 aromatic rings. The van der Waals surface area contributed by atoms with Gasteiger partial charge in [-0.1, -0.05) is 12.1 Å². The van der Waals surface area contributed by atoms with Crippen molar-refractivity contribution in [2.75, 3.05) is 12.0 Å². The molecule has 1 atom stereocenters. The second kappa shape index (κ2) is 6.75. The number of hydrogen-bond donors (Lipinski definition) is 0. The smallest absolute Gasteiger partial charge is 0.309 e. The molecule has 0 saturated carbocycles. The van der Waals surface area contributed by atoms with Crippen LogP contribution in [0.3, 0.4) is 0 Å². The van der Waals surface area contributed by atoms with Crippen molar-refractivity contribution in [1.29, 1.82) is 0 Å². The number of esters is 1. The molecule has 1 amide bonds. The summed E-state index contributed by atoms with van der Waals surface area (Å²) in [6, 6.07) is 11.3. The number of carbonyl (C=O) groups is 2. The average Bonchev–Trinajstić information content (AvgIpc) is 3.06. The quantitative estimate of drug-likeness (QED) is 0.664. The Morgan fingerprint density at radius 3 is 2.93 bits per heavy atom. The van der Waals surface area contributed by atoms with Crippen molar-refractivity contribution in [3.05, 3.63) is 60.0 Å². The molecule has 1 aromatic carbocycles. The highest BCUT2D eigenvalue weighted by molar-refractivity contribution is 6.01. The Morgan fingerprint density at radius 2 is 2.11 bits per heavy atom. The maximum Gasteiger partial charge on any atom is 0.309 e. The molecule has 4 rings (SSSR count). The van der Waals surface area contributed by atoms with Crippen LogP contribution >= 0.6 is 0 Å². The van der Waals surface area contributed by atoms with Crippen LogP contribution in [0.4, 0.5) is 5.69 Å². The van der Waals surface area contributed by atoms with Gasteiger partial charge in [0, 0.05) is 12.4 Å². The minimum Gasteiger partial charge on any atom is -0.478 e. The Kier molecular flexibility index (Phi) is 4.27. The van der Waals surface area contributed by atoms with Gasteiger partial charge in [0.2, 0.25) is 0 Å². The first-order valence-corrected chi connectivity index (χ1v) is 8.63. The summed E-state index contributed by atoms with van der Waals surface area (Å²) in [4.78, 5) is 30.9. The fourth-order valence-corrected chi connectivity index (χ4v) is 3.18. The van der Waals surface area contributed by atoms with E-state index in [1.807, 2.05) is 54.0 Å². The standard InChI is InChI=1S/C20H19N3O4/c1-13-7-8-22-11-14(21-18(22)9-13)12-23-15-5-3-4-6-16(15)27-17(20(23)25)10-19(24)26-2/h3-9,11,17H,10,12H2,1-2H3. The van der Waals surface area contributed by atoms with Gasteiger partial charge in [0.25, 0.3) is 5.91 Å². The lowest BCUT2D eigenvalue weighted by Crippen LogP contribution is -2.46. The van der Waals surface area contributed by atoms with Crippen molar-refractivity contribution in [2.45, 2.75) is 26.0 Å². The van der Waals surface area contributed by atoms with E-state index in [0.29, 0.717) is 11.4 Å². The fraction of sp³-hybridized carbons (Fsp3) is 0.250. The minimum absolute atomic E-state index is 0.134. The Labute approximate surface area is 156 Å². The lowest BCUT2D eigenvalue weighted by Gasteiger charge is -2.33. The Hall–Kier alpha value is -3.35. The van der Waals surface area contributed by atoms with E-state index in [0.717, 1.165) is 16.9 Å². The van der Waals surface area contributed by atoms with Crippen LogP contribution in [-0.4, -0.2) is 34.5 Å². The predicted octanol–water partition coefficient (Wildman–Crippen LogP) is 2.50. The van der Waals surface area contributed by atoms with Gasteiger partial charge in [-0.15, -0.1) is 0 Å². The third-order valence-corrected chi connectivity index (χ3v) is 4.53. The van der Waals surface area contributed by atoms with Gasteiger partial charge in [-0.25, -0.2) is 4.98 Å². The molecule has 0 saturated heterocycles. The number of aryl methyl sites for hydroxylation is 1. The number of benzene rings is 1. The summed E-state index contributed by atoms with van der Waals surface area (Å²) < 4.78 is 12.4. The van der Waals surface area contributed by atoms with Crippen LogP contribution in [0.15, 0.2) is 48.8 Å². The zero-order chi connectivity index (χ0) is 19.0. The molecule has 0 N–H and O–H groups in total. The van der Waals surface area contributed by atoms with Crippen LogP contribution < -0.4 is 9.64 Å². The van der Waals surface area contributed by atoms with Crippen molar-refractivity contribution in [1.82, 2.24) is 9.38 Å². The van der Waals surface area contributed by atoms with E-state index in [4.69, 9.17) is 4.74 Å². The fourth-order valence-electron chi connectivity index (χ4n) is 3.18. The maximum absolute atomic E-state index is 13.0. The van der Waals surface area contributed by atoms with Gasteiger partial charge in [0.15, 0.2) is 6.10 Å². The van der Waals surface area contributed by atoms with E-state index in [2.05, 4.69) is 9.72 Å². The molecular formula is C20H19N3O4. The Morgan fingerprint density at radius 1 is 1.30 bits per heavy atom. The Bertz CT molecular complexity index is 1030. The number of imidazole rings is 1. The number of para-hydroxylation sites is 2. The topological polar surface area (TPSA) is 73.1 Å². The molecular weight excluding hydrogens is 346 g/mol. The number of carbonyl (C=O) groups excluding carboxylic acids is 2. The first-order valence-electron chi connectivity index (χ1n) is 8.63. The molecule has 1 unspecified atom stereocenters.